The summed E-state index contributed by atoms with van der Waals surface area (Å²) in [5.41, 5.74) is 8.70. The van der Waals surface area contributed by atoms with E-state index in [4.69, 9.17) is 5.73 Å². The zero-order chi connectivity index (χ0) is 13.2. The van der Waals surface area contributed by atoms with Gasteiger partial charge in [-0.25, -0.2) is 0 Å². The van der Waals surface area contributed by atoms with Crippen molar-refractivity contribution in [2.45, 2.75) is 6.04 Å². The molecule has 3 aromatic rings. The minimum absolute atomic E-state index is 0.329. The van der Waals surface area contributed by atoms with Crippen LogP contribution < -0.4 is 5.73 Å². The first kappa shape index (κ1) is 11.6. The van der Waals surface area contributed by atoms with Crippen molar-refractivity contribution in [2.24, 2.45) is 12.8 Å². The van der Waals surface area contributed by atoms with Crippen molar-refractivity contribution in [3.8, 4) is 5.69 Å². The fourth-order valence-electron chi connectivity index (χ4n) is 1.94. The summed E-state index contributed by atoms with van der Waals surface area (Å²) in [5.74, 6) is 0. The average Bonchev–Trinajstić information content (AvgIpc) is 3.08. The monoisotopic (exact) mass is 254 g/mol. The lowest BCUT2D eigenvalue weighted by Gasteiger charge is -2.08. The maximum Gasteiger partial charge on any atom is 0.106 e. The molecule has 1 unspecified atom stereocenters. The van der Waals surface area contributed by atoms with Crippen LogP contribution in [0.4, 0.5) is 0 Å². The number of nitrogens with zero attached hydrogens (tertiary/aromatic N) is 5. The number of benzene rings is 1. The van der Waals surface area contributed by atoms with Crippen LogP contribution in [-0.4, -0.2) is 24.8 Å². The van der Waals surface area contributed by atoms with Crippen LogP contribution in [0.2, 0.25) is 0 Å². The van der Waals surface area contributed by atoms with Gasteiger partial charge in [0.1, 0.15) is 5.69 Å². The molecule has 19 heavy (non-hydrogen) atoms. The van der Waals surface area contributed by atoms with Gasteiger partial charge in [-0.15, -0.1) is 0 Å². The molecule has 0 saturated heterocycles. The molecule has 6 heteroatoms. The topological polar surface area (TPSA) is 74.6 Å². The summed E-state index contributed by atoms with van der Waals surface area (Å²) in [6, 6.07) is 11.3. The Morgan fingerprint density at radius 1 is 1.11 bits per heavy atom. The van der Waals surface area contributed by atoms with Crippen molar-refractivity contribution in [3.63, 3.8) is 0 Å². The lowest BCUT2D eigenvalue weighted by Crippen LogP contribution is -2.16. The van der Waals surface area contributed by atoms with Crippen molar-refractivity contribution >= 4 is 0 Å². The largest absolute Gasteiger partial charge is 0.318 e. The van der Waals surface area contributed by atoms with E-state index >= 15 is 0 Å². The number of nitrogens with two attached hydrogens (primary N) is 1. The van der Waals surface area contributed by atoms with Crippen molar-refractivity contribution < 1.29 is 0 Å². The molecule has 0 saturated carbocycles. The number of para-hydroxylation sites is 1. The Morgan fingerprint density at radius 2 is 1.89 bits per heavy atom. The molecule has 0 bridgehead atoms. The van der Waals surface area contributed by atoms with E-state index in [0.29, 0.717) is 5.69 Å². The van der Waals surface area contributed by atoms with Crippen LogP contribution in [-0.2, 0) is 7.05 Å². The van der Waals surface area contributed by atoms with Gasteiger partial charge in [0.05, 0.1) is 23.6 Å². The quantitative estimate of drug-likeness (QED) is 0.758. The molecule has 96 valence electrons. The average molecular weight is 254 g/mol. The van der Waals surface area contributed by atoms with Crippen LogP contribution in [0.3, 0.4) is 0 Å². The highest BCUT2D eigenvalue weighted by atomic mass is 15.5. The van der Waals surface area contributed by atoms with E-state index in [0.717, 1.165) is 11.4 Å². The van der Waals surface area contributed by atoms with Gasteiger partial charge in [0.2, 0.25) is 0 Å². The standard InChI is InChI=1S/C13H14N6/c1-18-12(7-8-15-18)13(14)11-9-16-19(17-11)10-5-3-2-4-6-10/h2-9,13H,14H2,1H3. The molecule has 3 rings (SSSR count). The maximum absolute atomic E-state index is 6.18. The normalized spacial score (nSPS) is 12.5. The highest BCUT2D eigenvalue weighted by Crippen LogP contribution is 2.16. The summed E-state index contributed by atoms with van der Waals surface area (Å²) in [4.78, 5) is 1.57. The smallest absolute Gasteiger partial charge is 0.106 e. The van der Waals surface area contributed by atoms with Gasteiger partial charge in [-0.2, -0.15) is 20.1 Å². The van der Waals surface area contributed by atoms with E-state index in [1.54, 1.807) is 21.9 Å². The minimum Gasteiger partial charge on any atom is -0.318 e. The SMILES string of the molecule is Cn1nccc1C(N)c1cnn(-c2ccccc2)n1. The summed E-state index contributed by atoms with van der Waals surface area (Å²) in [5, 5.41) is 12.8. The zero-order valence-corrected chi connectivity index (χ0v) is 10.5. The third-order valence-corrected chi connectivity index (χ3v) is 2.99. The summed E-state index contributed by atoms with van der Waals surface area (Å²) < 4.78 is 1.74. The molecule has 1 aromatic carbocycles. The minimum atomic E-state index is -0.329. The van der Waals surface area contributed by atoms with E-state index in [1.807, 2.05) is 43.4 Å². The fourth-order valence-corrected chi connectivity index (χ4v) is 1.94. The predicted octanol–water partition coefficient (Wildman–Crippen LogP) is 1.05. The van der Waals surface area contributed by atoms with Crippen LogP contribution in [0.15, 0.2) is 48.8 Å². The molecule has 0 aliphatic rings. The van der Waals surface area contributed by atoms with Gasteiger partial charge >= 0.3 is 0 Å². The third-order valence-electron chi connectivity index (χ3n) is 2.99. The molecule has 2 aromatic heterocycles. The molecule has 1 atom stereocenters. The van der Waals surface area contributed by atoms with Gasteiger partial charge in [0.25, 0.3) is 0 Å². The van der Waals surface area contributed by atoms with Crippen LogP contribution >= 0.6 is 0 Å². The Labute approximate surface area is 110 Å². The summed E-state index contributed by atoms with van der Waals surface area (Å²) in [6.45, 7) is 0. The molecule has 0 aliphatic carbocycles. The van der Waals surface area contributed by atoms with Gasteiger partial charge < -0.3 is 5.73 Å². The van der Waals surface area contributed by atoms with Crippen molar-refractivity contribution in [2.75, 3.05) is 0 Å². The Bertz CT molecular complexity index is 669. The van der Waals surface area contributed by atoms with Gasteiger partial charge in [-0.3, -0.25) is 4.68 Å². The summed E-state index contributed by atoms with van der Waals surface area (Å²) >= 11 is 0. The van der Waals surface area contributed by atoms with E-state index in [9.17, 15) is 0 Å². The fraction of sp³-hybridized carbons (Fsp3) is 0.154. The van der Waals surface area contributed by atoms with Crippen LogP contribution in [0.1, 0.15) is 17.4 Å². The van der Waals surface area contributed by atoms with Crippen molar-refractivity contribution in [1.29, 1.82) is 0 Å². The highest BCUT2D eigenvalue weighted by Gasteiger charge is 2.16. The second-order valence-electron chi connectivity index (χ2n) is 4.25. The zero-order valence-electron chi connectivity index (χ0n) is 10.5. The highest BCUT2D eigenvalue weighted by molar-refractivity contribution is 5.29. The second kappa shape index (κ2) is 4.66. The van der Waals surface area contributed by atoms with E-state index in [-0.39, 0.29) is 6.04 Å². The number of hydrogen-bond donors (Lipinski definition) is 1. The molecule has 0 fully saturated rings. The lowest BCUT2D eigenvalue weighted by atomic mass is 10.2. The first-order chi connectivity index (χ1) is 9.25. The Hall–Kier alpha value is -2.47. The molecule has 6 nitrogen and oxygen atoms in total. The van der Waals surface area contributed by atoms with Gasteiger partial charge in [-0.05, 0) is 18.2 Å². The van der Waals surface area contributed by atoms with Crippen LogP contribution in [0.5, 0.6) is 0 Å². The van der Waals surface area contributed by atoms with E-state index < -0.39 is 0 Å². The molecule has 2 heterocycles. The Kier molecular flexibility index (Phi) is 2.85. The summed E-state index contributed by atoms with van der Waals surface area (Å²) in [7, 11) is 1.86. The number of hydrogen-bond acceptors (Lipinski definition) is 4. The van der Waals surface area contributed by atoms with Gasteiger partial charge in [-0.1, -0.05) is 18.2 Å². The first-order valence-corrected chi connectivity index (χ1v) is 5.97. The van der Waals surface area contributed by atoms with Gasteiger partial charge in [0, 0.05) is 13.2 Å². The first-order valence-electron chi connectivity index (χ1n) is 5.97. The third kappa shape index (κ3) is 2.13. The molecular formula is C13H14N6. The molecular weight excluding hydrogens is 240 g/mol. The second-order valence-corrected chi connectivity index (χ2v) is 4.25. The molecule has 2 N–H and O–H groups in total. The molecule has 0 spiro atoms. The number of aromatic nitrogens is 5. The molecule has 0 radical (unpaired) electrons. The van der Waals surface area contributed by atoms with Crippen LogP contribution in [0.25, 0.3) is 5.69 Å². The lowest BCUT2D eigenvalue weighted by molar-refractivity contribution is 0.652. The van der Waals surface area contributed by atoms with Gasteiger partial charge in [0.15, 0.2) is 0 Å². The predicted molar refractivity (Wildman–Crippen MR) is 70.6 cm³/mol. The van der Waals surface area contributed by atoms with Crippen molar-refractivity contribution in [3.05, 3.63) is 60.2 Å². The summed E-state index contributed by atoms with van der Waals surface area (Å²) in [6.07, 6.45) is 3.40. The Morgan fingerprint density at radius 3 is 2.58 bits per heavy atom. The molecule has 0 aliphatic heterocycles. The molecule has 0 amide bonds. The number of aryl methyl sites for hydroxylation is 1. The maximum atomic E-state index is 6.18. The van der Waals surface area contributed by atoms with Crippen molar-refractivity contribution in [1.82, 2.24) is 24.8 Å². The van der Waals surface area contributed by atoms with Crippen LogP contribution in [0, 0.1) is 0 Å². The Balaban J connectivity index is 1.92. The van der Waals surface area contributed by atoms with E-state index in [1.165, 1.54) is 0 Å². The van der Waals surface area contributed by atoms with E-state index in [2.05, 4.69) is 15.3 Å². The number of rotatable bonds is 3.